The van der Waals surface area contributed by atoms with E-state index in [-0.39, 0.29) is 6.42 Å². The first kappa shape index (κ1) is 8.07. The van der Waals surface area contributed by atoms with Gasteiger partial charge < -0.3 is 5.11 Å². The molecule has 0 bridgehead atoms. The van der Waals surface area contributed by atoms with Gasteiger partial charge in [0, 0.05) is 12.0 Å². The van der Waals surface area contributed by atoms with Crippen LogP contribution in [0, 0.1) is 0 Å². The summed E-state index contributed by atoms with van der Waals surface area (Å²) in [5, 5.41) is 14.9. The molecule has 1 heterocycles. The Morgan fingerprint density at radius 2 is 2.55 bits per heavy atom. The molecule has 5 heteroatoms. The molecule has 0 saturated heterocycles. The lowest BCUT2D eigenvalue weighted by atomic mass is 10.2. The molecule has 0 atom stereocenters. The van der Waals surface area contributed by atoms with Crippen LogP contribution in [0.4, 0.5) is 0 Å². The third-order valence-electron chi connectivity index (χ3n) is 1.27. The topological polar surface area (TPSA) is 66.0 Å². The Morgan fingerprint density at radius 1 is 1.82 bits per heavy atom. The quantitative estimate of drug-likeness (QED) is 0.721. The van der Waals surface area contributed by atoms with Crippen molar-refractivity contribution in [1.29, 1.82) is 0 Å². The van der Waals surface area contributed by atoms with Gasteiger partial charge >= 0.3 is 5.97 Å². The van der Waals surface area contributed by atoms with Gasteiger partial charge in [0.05, 0.1) is 6.20 Å². The van der Waals surface area contributed by atoms with E-state index in [9.17, 15) is 4.79 Å². The summed E-state index contributed by atoms with van der Waals surface area (Å²) in [4.78, 5) is 10.1. The molecule has 1 aromatic rings. The monoisotopic (exact) mass is 174 g/mol. The van der Waals surface area contributed by atoms with E-state index < -0.39 is 5.97 Å². The van der Waals surface area contributed by atoms with Crippen LogP contribution >= 0.6 is 11.6 Å². The van der Waals surface area contributed by atoms with Crippen LogP contribution in [0.5, 0.6) is 0 Å². The lowest BCUT2D eigenvalue weighted by Crippen LogP contribution is -1.96. The maximum Gasteiger partial charge on any atom is 0.303 e. The van der Waals surface area contributed by atoms with Crippen LogP contribution in [0.25, 0.3) is 0 Å². The average Bonchev–Trinajstić information content (AvgIpc) is 2.31. The Hall–Kier alpha value is -1.03. The van der Waals surface area contributed by atoms with E-state index >= 15 is 0 Å². The minimum absolute atomic E-state index is 0.0826. The smallest absolute Gasteiger partial charge is 0.303 e. The first-order valence-corrected chi connectivity index (χ1v) is 3.47. The van der Waals surface area contributed by atoms with Gasteiger partial charge in [-0.2, -0.15) is 5.10 Å². The summed E-state index contributed by atoms with van der Waals surface area (Å²) in [7, 11) is 0. The SMILES string of the molecule is O=C(O)CCc1cn[nH]c1Cl. The molecule has 1 aromatic heterocycles. The normalized spacial score (nSPS) is 9.91. The Bertz CT molecular complexity index is 259. The van der Waals surface area contributed by atoms with E-state index in [1.165, 1.54) is 6.20 Å². The number of hydrogen-bond donors (Lipinski definition) is 2. The number of halogens is 1. The molecule has 0 fully saturated rings. The van der Waals surface area contributed by atoms with Gasteiger partial charge in [0.15, 0.2) is 0 Å². The van der Waals surface area contributed by atoms with Gasteiger partial charge in [-0.1, -0.05) is 11.6 Å². The van der Waals surface area contributed by atoms with Gasteiger partial charge in [0.1, 0.15) is 5.15 Å². The molecular formula is C6H7ClN2O2. The largest absolute Gasteiger partial charge is 0.481 e. The number of aromatic nitrogens is 2. The molecule has 0 aliphatic carbocycles. The molecule has 2 N–H and O–H groups in total. The summed E-state index contributed by atoms with van der Waals surface area (Å²) < 4.78 is 0. The van der Waals surface area contributed by atoms with Crippen LogP contribution < -0.4 is 0 Å². The summed E-state index contributed by atoms with van der Waals surface area (Å²) >= 11 is 5.61. The predicted octanol–water partition coefficient (Wildman–Crippen LogP) is 1.08. The molecule has 0 aliphatic heterocycles. The minimum atomic E-state index is -0.831. The van der Waals surface area contributed by atoms with Gasteiger partial charge in [-0.15, -0.1) is 0 Å². The maximum atomic E-state index is 10.1. The number of rotatable bonds is 3. The van der Waals surface area contributed by atoms with Gasteiger partial charge in [-0.25, -0.2) is 0 Å². The van der Waals surface area contributed by atoms with Crippen molar-refractivity contribution in [2.75, 3.05) is 0 Å². The second kappa shape index (κ2) is 3.39. The van der Waals surface area contributed by atoms with Crippen LogP contribution in [-0.4, -0.2) is 21.3 Å². The third-order valence-corrected chi connectivity index (χ3v) is 1.60. The zero-order valence-corrected chi connectivity index (χ0v) is 6.43. The van der Waals surface area contributed by atoms with Crippen LogP contribution in [0.3, 0.4) is 0 Å². The number of carboxylic acid groups (broad SMARTS) is 1. The van der Waals surface area contributed by atoms with Crippen molar-refractivity contribution < 1.29 is 9.90 Å². The molecule has 1 rings (SSSR count). The number of nitrogens with zero attached hydrogens (tertiary/aromatic N) is 1. The zero-order chi connectivity index (χ0) is 8.27. The molecule has 0 amide bonds. The van der Waals surface area contributed by atoms with Crippen LogP contribution in [-0.2, 0) is 11.2 Å². The standard InChI is InChI=1S/C6H7ClN2O2/c7-6-4(3-8-9-6)1-2-5(10)11/h3H,1-2H2,(H,8,9)(H,10,11). The molecule has 0 aromatic carbocycles. The highest BCUT2D eigenvalue weighted by Gasteiger charge is 2.04. The fourth-order valence-corrected chi connectivity index (χ4v) is 0.903. The van der Waals surface area contributed by atoms with E-state index in [0.29, 0.717) is 11.6 Å². The molecular weight excluding hydrogens is 168 g/mol. The number of aliphatic carboxylic acids is 1. The van der Waals surface area contributed by atoms with Gasteiger partial charge in [-0.05, 0) is 6.42 Å². The molecule has 0 spiro atoms. The molecule has 0 unspecified atom stereocenters. The first-order chi connectivity index (χ1) is 5.20. The van der Waals surface area contributed by atoms with E-state index in [1.807, 2.05) is 0 Å². The number of hydrogen-bond acceptors (Lipinski definition) is 2. The fraction of sp³-hybridized carbons (Fsp3) is 0.333. The third kappa shape index (κ3) is 2.23. The lowest BCUT2D eigenvalue weighted by molar-refractivity contribution is -0.136. The second-order valence-corrected chi connectivity index (χ2v) is 2.48. The van der Waals surface area contributed by atoms with Gasteiger partial charge in [0.25, 0.3) is 0 Å². The summed E-state index contributed by atoms with van der Waals surface area (Å²) in [5.41, 5.74) is 0.745. The molecule has 60 valence electrons. The number of nitrogens with one attached hydrogen (secondary N) is 1. The van der Waals surface area contributed by atoms with Gasteiger partial charge in [-0.3, -0.25) is 9.89 Å². The number of carboxylic acids is 1. The number of carbonyl (C=O) groups is 1. The van der Waals surface area contributed by atoms with E-state index in [4.69, 9.17) is 16.7 Å². The highest BCUT2D eigenvalue weighted by Crippen LogP contribution is 2.12. The first-order valence-electron chi connectivity index (χ1n) is 3.09. The molecule has 0 saturated carbocycles. The Morgan fingerprint density at radius 3 is 3.00 bits per heavy atom. The summed E-state index contributed by atoms with van der Waals surface area (Å²) in [6.07, 6.45) is 2.04. The summed E-state index contributed by atoms with van der Waals surface area (Å²) in [6, 6.07) is 0. The predicted molar refractivity (Wildman–Crippen MR) is 39.6 cm³/mol. The molecule has 0 aliphatic rings. The lowest BCUT2D eigenvalue weighted by Gasteiger charge is -1.91. The van der Waals surface area contributed by atoms with E-state index in [1.54, 1.807) is 0 Å². The number of aryl methyl sites for hydroxylation is 1. The van der Waals surface area contributed by atoms with Crippen molar-refractivity contribution in [2.24, 2.45) is 0 Å². The highest BCUT2D eigenvalue weighted by atomic mass is 35.5. The Balaban J connectivity index is 2.51. The molecule has 11 heavy (non-hydrogen) atoms. The molecule has 0 radical (unpaired) electrons. The Labute approximate surface area is 68.2 Å². The van der Waals surface area contributed by atoms with Crippen molar-refractivity contribution >= 4 is 17.6 Å². The van der Waals surface area contributed by atoms with Crippen molar-refractivity contribution in [3.05, 3.63) is 16.9 Å². The molecule has 4 nitrogen and oxygen atoms in total. The highest BCUT2D eigenvalue weighted by molar-refractivity contribution is 6.30. The average molecular weight is 175 g/mol. The van der Waals surface area contributed by atoms with Crippen molar-refractivity contribution in [3.8, 4) is 0 Å². The van der Waals surface area contributed by atoms with Crippen LogP contribution in [0.2, 0.25) is 5.15 Å². The van der Waals surface area contributed by atoms with Crippen LogP contribution in [0.15, 0.2) is 6.20 Å². The fourth-order valence-electron chi connectivity index (χ4n) is 0.711. The summed E-state index contributed by atoms with van der Waals surface area (Å²) in [5.74, 6) is -0.831. The second-order valence-electron chi connectivity index (χ2n) is 2.10. The van der Waals surface area contributed by atoms with E-state index in [2.05, 4.69) is 10.2 Å². The minimum Gasteiger partial charge on any atom is -0.481 e. The van der Waals surface area contributed by atoms with Gasteiger partial charge in [0.2, 0.25) is 0 Å². The number of aromatic amines is 1. The van der Waals surface area contributed by atoms with Crippen molar-refractivity contribution in [2.45, 2.75) is 12.8 Å². The zero-order valence-electron chi connectivity index (χ0n) is 5.67. The van der Waals surface area contributed by atoms with Crippen LogP contribution in [0.1, 0.15) is 12.0 Å². The maximum absolute atomic E-state index is 10.1. The van der Waals surface area contributed by atoms with E-state index in [0.717, 1.165) is 5.56 Å². The van der Waals surface area contributed by atoms with Crippen molar-refractivity contribution in [1.82, 2.24) is 10.2 Å². The summed E-state index contributed by atoms with van der Waals surface area (Å²) in [6.45, 7) is 0. The number of H-pyrrole nitrogens is 1. The Kier molecular flexibility index (Phi) is 2.48. The van der Waals surface area contributed by atoms with Crippen molar-refractivity contribution in [3.63, 3.8) is 0 Å².